The summed E-state index contributed by atoms with van der Waals surface area (Å²) in [4.78, 5) is 11.7. The summed E-state index contributed by atoms with van der Waals surface area (Å²) >= 11 is 0. The zero-order chi connectivity index (χ0) is 17.9. The fourth-order valence-electron chi connectivity index (χ4n) is 2.67. The van der Waals surface area contributed by atoms with Crippen molar-refractivity contribution in [3.8, 4) is 5.75 Å². The highest BCUT2D eigenvalue weighted by Gasteiger charge is 2.47. The van der Waals surface area contributed by atoms with E-state index in [-0.39, 0.29) is 19.0 Å². The van der Waals surface area contributed by atoms with E-state index in [9.17, 15) is 9.90 Å². The maximum Gasteiger partial charge on any atom is 0.378 e. The number of aliphatic hydroxyl groups is 1. The lowest BCUT2D eigenvalue weighted by molar-refractivity contribution is -0.163. The fraction of sp³-hybridized carbons (Fsp3) is 0.500. The number of carbonyl (C=O) groups excluding carboxylic acids is 1. The number of esters is 1. The number of aliphatic hydroxyl groups excluding tert-OH is 1. The second-order valence-electron chi connectivity index (χ2n) is 6.27. The third kappa shape index (κ3) is 4.24. The average molecular weight is 350 g/mol. The van der Waals surface area contributed by atoms with Crippen molar-refractivity contribution in [2.75, 3.05) is 19.8 Å². The molecule has 0 amide bonds. The van der Waals surface area contributed by atoms with Crippen molar-refractivity contribution in [2.24, 2.45) is 0 Å². The van der Waals surface area contributed by atoms with Gasteiger partial charge >= 0.3 is 5.97 Å². The van der Waals surface area contributed by atoms with E-state index < -0.39 is 29.7 Å². The Morgan fingerprint density at radius 3 is 2.60 bits per heavy atom. The molecular formula is C18H22O7. The molecule has 1 fully saturated rings. The second-order valence-corrected chi connectivity index (χ2v) is 6.27. The van der Waals surface area contributed by atoms with Gasteiger partial charge < -0.3 is 28.8 Å². The molecule has 136 valence electrons. The van der Waals surface area contributed by atoms with Crippen molar-refractivity contribution in [1.82, 2.24) is 0 Å². The number of benzene rings is 1. The van der Waals surface area contributed by atoms with E-state index in [1.165, 1.54) is 0 Å². The summed E-state index contributed by atoms with van der Waals surface area (Å²) in [6.07, 6.45) is -0.733. The van der Waals surface area contributed by atoms with Crippen LogP contribution in [0.5, 0.6) is 5.75 Å². The zero-order valence-electron chi connectivity index (χ0n) is 14.3. The maximum atomic E-state index is 11.7. The number of rotatable bonds is 7. The van der Waals surface area contributed by atoms with Gasteiger partial charge in [-0.3, -0.25) is 0 Å². The van der Waals surface area contributed by atoms with E-state index in [4.69, 9.17) is 23.7 Å². The van der Waals surface area contributed by atoms with Crippen LogP contribution in [0.1, 0.15) is 20.3 Å². The van der Waals surface area contributed by atoms with Crippen molar-refractivity contribution in [3.05, 3.63) is 41.9 Å². The first-order valence-corrected chi connectivity index (χ1v) is 8.23. The van der Waals surface area contributed by atoms with E-state index in [1.807, 2.05) is 30.3 Å². The van der Waals surface area contributed by atoms with Crippen molar-refractivity contribution in [3.63, 3.8) is 0 Å². The van der Waals surface area contributed by atoms with Gasteiger partial charge in [-0.15, -0.1) is 0 Å². The first kappa shape index (κ1) is 17.6. The van der Waals surface area contributed by atoms with Crippen molar-refractivity contribution >= 4 is 5.97 Å². The van der Waals surface area contributed by atoms with Crippen LogP contribution in [-0.4, -0.2) is 48.9 Å². The van der Waals surface area contributed by atoms with Gasteiger partial charge in [0.1, 0.15) is 11.9 Å². The molecule has 3 rings (SSSR count). The summed E-state index contributed by atoms with van der Waals surface area (Å²) in [5.74, 6) is -1.21. The van der Waals surface area contributed by atoms with Gasteiger partial charge in [0.25, 0.3) is 0 Å². The van der Waals surface area contributed by atoms with Crippen molar-refractivity contribution in [1.29, 1.82) is 0 Å². The summed E-state index contributed by atoms with van der Waals surface area (Å²) in [6, 6.07) is 9.44. The molecule has 2 aliphatic heterocycles. The number of hydrogen-bond donors (Lipinski definition) is 1. The van der Waals surface area contributed by atoms with Crippen molar-refractivity contribution < 1.29 is 33.6 Å². The average Bonchev–Trinajstić information content (AvgIpc) is 3.09. The SMILES string of the molecule is CC1(C)OC[C@@H]([C@H]2OC(=O)C(O)=C2OCCCOc2ccccc2)O1. The zero-order valence-corrected chi connectivity index (χ0v) is 14.3. The second kappa shape index (κ2) is 7.33. The van der Waals surface area contributed by atoms with Crippen LogP contribution in [0.3, 0.4) is 0 Å². The molecule has 2 atom stereocenters. The smallest absolute Gasteiger partial charge is 0.378 e. The molecule has 0 bridgehead atoms. The van der Waals surface area contributed by atoms with Gasteiger partial charge in [0.05, 0.1) is 19.8 Å². The van der Waals surface area contributed by atoms with E-state index in [0.717, 1.165) is 5.75 Å². The monoisotopic (exact) mass is 350 g/mol. The third-order valence-electron chi connectivity index (χ3n) is 3.85. The molecule has 1 saturated heterocycles. The van der Waals surface area contributed by atoms with Gasteiger partial charge in [-0.2, -0.15) is 0 Å². The molecule has 25 heavy (non-hydrogen) atoms. The topological polar surface area (TPSA) is 83.5 Å². The quantitative estimate of drug-likeness (QED) is 0.597. The minimum Gasteiger partial charge on any atom is -0.499 e. The maximum absolute atomic E-state index is 11.7. The van der Waals surface area contributed by atoms with E-state index >= 15 is 0 Å². The number of hydrogen-bond acceptors (Lipinski definition) is 7. The van der Waals surface area contributed by atoms with Gasteiger partial charge in [-0.25, -0.2) is 4.79 Å². The van der Waals surface area contributed by atoms with Gasteiger partial charge in [0.15, 0.2) is 17.7 Å². The normalized spacial score (nSPS) is 25.1. The Labute approximate surface area is 146 Å². The lowest BCUT2D eigenvalue weighted by Crippen LogP contribution is -2.33. The highest BCUT2D eigenvalue weighted by atomic mass is 16.8. The van der Waals surface area contributed by atoms with Gasteiger partial charge in [0.2, 0.25) is 5.76 Å². The Morgan fingerprint density at radius 2 is 1.92 bits per heavy atom. The number of ether oxygens (including phenoxy) is 5. The molecule has 1 N–H and O–H groups in total. The molecule has 0 saturated carbocycles. The predicted octanol–water partition coefficient (Wildman–Crippen LogP) is 2.32. The lowest BCUT2D eigenvalue weighted by Gasteiger charge is -2.21. The van der Waals surface area contributed by atoms with Crippen molar-refractivity contribution in [2.45, 2.75) is 38.3 Å². The predicted molar refractivity (Wildman–Crippen MR) is 86.9 cm³/mol. The van der Waals surface area contributed by atoms with E-state index in [0.29, 0.717) is 13.0 Å². The van der Waals surface area contributed by atoms with Crippen LogP contribution in [0.2, 0.25) is 0 Å². The van der Waals surface area contributed by atoms with Crippen LogP contribution in [0, 0.1) is 0 Å². The third-order valence-corrected chi connectivity index (χ3v) is 3.85. The largest absolute Gasteiger partial charge is 0.499 e. The number of para-hydroxylation sites is 1. The molecule has 2 aliphatic rings. The van der Waals surface area contributed by atoms with Crippen LogP contribution in [0.25, 0.3) is 0 Å². The molecular weight excluding hydrogens is 328 g/mol. The van der Waals surface area contributed by atoms with Crippen LogP contribution in [-0.2, 0) is 23.7 Å². The molecule has 2 heterocycles. The van der Waals surface area contributed by atoms with Crippen LogP contribution >= 0.6 is 0 Å². The molecule has 1 aromatic carbocycles. The minimum atomic E-state index is -0.811. The van der Waals surface area contributed by atoms with E-state index in [1.54, 1.807) is 13.8 Å². The molecule has 1 aromatic rings. The molecule has 0 unspecified atom stereocenters. The summed E-state index contributed by atoms with van der Waals surface area (Å²) in [7, 11) is 0. The van der Waals surface area contributed by atoms with E-state index in [2.05, 4.69) is 0 Å². The van der Waals surface area contributed by atoms with Crippen LogP contribution < -0.4 is 4.74 Å². The Hall–Kier alpha value is -2.25. The Kier molecular flexibility index (Phi) is 5.15. The Morgan fingerprint density at radius 1 is 1.20 bits per heavy atom. The van der Waals surface area contributed by atoms with Gasteiger partial charge in [0, 0.05) is 6.42 Å². The molecule has 0 spiro atoms. The molecule has 0 aromatic heterocycles. The number of carbonyl (C=O) groups is 1. The summed E-state index contributed by atoms with van der Waals surface area (Å²) in [5.41, 5.74) is 0. The summed E-state index contributed by atoms with van der Waals surface area (Å²) in [6.45, 7) is 4.52. The molecule has 0 aliphatic carbocycles. The highest BCUT2D eigenvalue weighted by molar-refractivity contribution is 5.89. The molecule has 7 heteroatoms. The fourth-order valence-corrected chi connectivity index (χ4v) is 2.67. The summed E-state index contributed by atoms with van der Waals surface area (Å²) in [5, 5.41) is 9.91. The van der Waals surface area contributed by atoms with Gasteiger partial charge in [-0.05, 0) is 26.0 Å². The molecule has 0 radical (unpaired) electrons. The Balaban J connectivity index is 1.50. The standard InChI is InChI=1S/C18H22O7/c1-18(2)23-11-13(25-18)15-16(14(19)17(20)24-15)22-10-6-9-21-12-7-4-3-5-8-12/h3-5,7-8,13,15,19H,6,9-11H2,1-2H3/t13-,15+/m0/s1. The first-order chi connectivity index (χ1) is 12.0. The first-order valence-electron chi connectivity index (χ1n) is 8.23. The van der Waals surface area contributed by atoms with Gasteiger partial charge in [-0.1, -0.05) is 18.2 Å². The van der Waals surface area contributed by atoms with Crippen LogP contribution in [0.15, 0.2) is 41.9 Å². The highest BCUT2D eigenvalue weighted by Crippen LogP contribution is 2.33. The lowest BCUT2D eigenvalue weighted by atomic mass is 10.2. The molecule has 7 nitrogen and oxygen atoms in total. The number of cyclic esters (lactones) is 1. The van der Waals surface area contributed by atoms with Crippen LogP contribution in [0.4, 0.5) is 0 Å². The minimum absolute atomic E-state index is 0.0935. The Bertz CT molecular complexity index is 638. The summed E-state index contributed by atoms with van der Waals surface area (Å²) < 4.78 is 27.5.